The van der Waals surface area contributed by atoms with Crippen LogP contribution in [0.5, 0.6) is 0 Å². The molecule has 0 atom stereocenters. The van der Waals surface area contributed by atoms with Crippen molar-refractivity contribution >= 4 is 0 Å². The number of benzene rings is 5. The molecule has 0 bridgehead atoms. The van der Waals surface area contributed by atoms with Crippen molar-refractivity contribution in [3.05, 3.63) is 300 Å². The highest BCUT2D eigenvalue weighted by Gasteiger charge is 2.49. The van der Waals surface area contributed by atoms with Gasteiger partial charge in [0.25, 0.3) is 0 Å². The van der Waals surface area contributed by atoms with Crippen molar-refractivity contribution in [1.82, 2.24) is 41.2 Å². The third-order valence-corrected chi connectivity index (χ3v) is 21.9. The van der Waals surface area contributed by atoms with Crippen LogP contribution >= 0.6 is 0 Å². The van der Waals surface area contributed by atoms with Crippen molar-refractivity contribution in [2.75, 3.05) is 19.8 Å². The molecular formula is C108H160N8O5. The predicted octanol–water partition coefficient (Wildman–Crippen LogP) is 25.3. The van der Waals surface area contributed by atoms with E-state index in [4.69, 9.17) is 23.7 Å². The van der Waals surface area contributed by atoms with Crippen LogP contribution in [0.25, 0.3) is 0 Å². The number of ether oxygens (including phenoxy) is 5. The molecule has 4 aromatic heterocycles. The maximum atomic E-state index is 5.87. The molecule has 662 valence electrons. The molecule has 13 heteroatoms. The van der Waals surface area contributed by atoms with Crippen LogP contribution in [0.2, 0.25) is 0 Å². The number of hydrogen-bond acceptors (Lipinski definition) is 13. The molecule has 0 spiro atoms. The zero-order valence-corrected chi connectivity index (χ0v) is 79.6. The zero-order chi connectivity index (χ0) is 89.0. The van der Waals surface area contributed by atoms with Crippen LogP contribution in [-0.2, 0) is 73.3 Å². The first-order valence-corrected chi connectivity index (χ1v) is 45.5. The smallest absolute Gasteiger partial charge is 0.111 e. The van der Waals surface area contributed by atoms with Crippen LogP contribution in [0.15, 0.2) is 249 Å². The van der Waals surface area contributed by atoms with Crippen LogP contribution in [0, 0.1) is 0 Å². The second kappa shape index (κ2) is 49.1. The van der Waals surface area contributed by atoms with Crippen molar-refractivity contribution in [2.24, 2.45) is 0 Å². The van der Waals surface area contributed by atoms with Crippen molar-refractivity contribution in [2.45, 2.75) is 355 Å². The van der Waals surface area contributed by atoms with Gasteiger partial charge in [-0.15, -0.1) is 0 Å². The van der Waals surface area contributed by atoms with Crippen LogP contribution < -0.4 is 21.3 Å². The Hall–Kier alpha value is -7.66. The number of rotatable bonds is 31. The molecule has 13 nitrogen and oxygen atoms in total. The molecular weight excluding hydrogens is 1490 g/mol. The first-order valence-electron chi connectivity index (χ1n) is 45.5. The second-order valence-corrected chi connectivity index (χ2v) is 38.5. The van der Waals surface area contributed by atoms with Gasteiger partial charge in [-0.3, -0.25) is 19.9 Å². The molecule has 0 amide bonds. The molecule has 5 fully saturated rings. The Labute approximate surface area is 735 Å². The topological polar surface area (TPSA) is 146 Å². The molecule has 5 saturated carbocycles. The van der Waals surface area contributed by atoms with Crippen molar-refractivity contribution in [1.29, 1.82) is 0 Å². The lowest BCUT2D eigenvalue weighted by Gasteiger charge is -2.29. The number of hydrogen-bond donors (Lipinski definition) is 4. The van der Waals surface area contributed by atoms with Gasteiger partial charge in [-0.1, -0.05) is 231 Å². The fourth-order valence-corrected chi connectivity index (χ4v) is 15.2. The Bertz CT molecular complexity index is 3690. The Morgan fingerprint density at radius 1 is 0.322 bits per heavy atom. The summed E-state index contributed by atoms with van der Waals surface area (Å²) in [6.07, 6.45) is 22.5. The van der Waals surface area contributed by atoms with Gasteiger partial charge in [-0.2, -0.15) is 0 Å². The molecule has 121 heavy (non-hydrogen) atoms. The summed E-state index contributed by atoms with van der Waals surface area (Å²) in [4.78, 5) is 17.4. The van der Waals surface area contributed by atoms with E-state index in [1.807, 2.05) is 101 Å². The van der Waals surface area contributed by atoms with Gasteiger partial charge in [0.15, 0.2) is 0 Å². The third-order valence-electron chi connectivity index (χ3n) is 21.9. The number of pyridine rings is 4. The minimum atomic E-state index is -0.296. The number of nitrogens with zero attached hydrogens (tertiary/aromatic N) is 4. The fourth-order valence-electron chi connectivity index (χ4n) is 15.2. The molecule has 4 N–H and O–H groups in total. The minimum Gasteiger partial charge on any atom is -0.379 e. The summed E-state index contributed by atoms with van der Waals surface area (Å²) in [6, 6.07) is 79.6. The molecule has 4 heterocycles. The van der Waals surface area contributed by atoms with Gasteiger partial charge < -0.3 is 45.0 Å². The minimum absolute atomic E-state index is 0.0462. The average Bonchev–Trinajstić information content (AvgIpc) is 1.64. The third kappa shape index (κ3) is 37.0. The lowest BCUT2D eigenvalue weighted by molar-refractivity contribution is -0.0627. The number of nitrogens with one attached hydrogen (secondary N) is 4. The van der Waals surface area contributed by atoms with Gasteiger partial charge in [0.05, 0.1) is 77.6 Å². The van der Waals surface area contributed by atoms with E-state index in [1.165, 1.54) is 91.3 Å². The first kappa shape index (κ1) is 102. The summed E-state index contributed by atoms with van der Waals surface area (Å²) in [5.41, 5.74) is 12.5. The van der Waals surface area contributed by atoms with Gasteiger partial charge in [-0.05, 0) is 277 Å². The Morgan fingerprint density at radius 2 is 0.702 bits per heavy atom. The first-order chi connectivity index (χ1) is 57.2. The second-order valence-electron chi connectivity index (χ2n) is 38.5. The molecule has 0 saturated heterocycles. The monoisotopic (exact) mass is 1650 g/mol. The van der Waals surface area contributed by atoms with Crippen LogP contribution in [-0.4, -0.2) is 94.4 Å². The van der Waals surface area contributed by atoms with Crippen LogP contribution in [0.4, 0.5) is 0 Å². The molecule has 5 aromatic carbocycles. The van der Waals surface area contributed by atoms with E-state index < -0.39 is 0 Å². The van der Waals surface area contributed by atoms with E-state index in [0.29, 0.717) is 58.8 Å². The summed E-state index contributed by atoms with van der Waals surface area (Å²) in [5.74, 6) is 0. The standard InChI is InChI=1S/C14H20O.C13H18O.C13H20O.C12H17N.C12H19N.C11H16N2.C11H18N2.C11H15NO.C11H17NO/c1-12(2)15-11-10-14(8-9-14)13-6-4-3-5-7-13;1-11(2)14-10-13(8-9-13)12-6-4-3-5-7-12;1-11(2)14-10-13(3,4)12-8-6-5-7-9-12;1-10(2)13-12(8-9-12)11-6-4-3-5-7-11;1-10(2)13-12(3,4)11-8-6-5-7-9-11;1-9(2)13-11(6-7-11)10-5-3-4-8-12-10;1-9(2)13-11(3,4)10-7-5-6-8-12-10;1-9(2)13-11(6-7-11)10-5-3-4-8-12-10;1-9(2)13-11(3,4)10-7-5-6-8-12-10/h3-7,12H,8-11H2,1-2H3;3-7,11H,8-10H2,1-2H3;5-9,11H,10H2,1-4H3;3-7,10,13H,8-9H2,1-2H3;5-10,13H,1-4H3;3-5,8-9,13H,6-7H2,1-2H3;5-9,13H,1-4H3;3-5,8-9H,6-7H2,1-2H3;5-9H,1-4H3. The van der Waals surface area contributed by atoms with E-state index >= 15 is 0 Å². The van der Waals surface area contributed by atoms with E-state index in [2.05, 4.69) is 363 Å². The Balaban J connectivity index is 0.000000211. The summed E-state index contributed by atoms with van der Waals surface area (Å²) in [7, 11) is 0. The van der Waals surface area contributed by atoms with Gasteiger partial charge in [0.2, 0.25) is 0 Å². The van der Waals surface area contributed by atoms with E-state index in [1.54, 1.807) is 6.20 Å². The highest BCUT2D eigenvalue weighted by atomic mass is 16.5. The quantitative estimate of drug-likeness (QED) is 0.0327. The van der Waals surface area contributed by atoms with Crippen molar-refractivity contribution < 1.29 is 23.7 Å². The van der Waals surface area contributed by atoms with Gasteiger partial charge in [0, 0.05) is 77.5 Å². The average molecular weight is 1650 g/mol. The maximum Gasteiger partial charge on any atom is 0.111 e. The molecule has 5 aliphatic carbocycles. The lowest BCUT2D eigenvalue weighted by Crippen LogP contribution is -2.41. The van der Waals surface area contributed by atoms with Gasteiger partial charge in [0.1, 0.15) is 11.2 Å². The highest BCUT2D eigenvalue weighted by molar-refractivity contribution is 5.34. The van der Waals surface area contributed by atoms with Crippen molar-refractivity contribution in [3.63, 3.8) is 0 Å². The Kier molecular flexibility index (Phi) is 41.5. The normalized spacial score (nSPS) is 15.8. The van der Waals surface area contributed by atoms with E-state index in [0.717, 1.165) is 49.7 Å². The summed E-state index contributed by atoms with van der Waals surface area (Å²) in [5, 5.41) is 14.2. The maximum absolute atomic E-state index is 5.87. The Morgan fingerprint density at radius 3 is 1.07 bits per heavy atom. The summed E-state index contributed by atoms with van der Waals surface area (Å²) in [6.45, 7) is 57.9. The molecule has 14 rings (SSSR count). The molecule has 9 aromatic rings. The van der Waals surface area contributed by atoms with Gasteiger partial charge >= 0.3 is 0 Å². The molecule has 0 aliphatic heterocycles. The molecule has 0 radical (unpaired) electrons. The lowest BCUT2D eigenvalue weighted by atomic mass is 9.86. The van der Waals surface area contributed by atoms with Crippen LogP contribution in [0.3, 0.4) is 0 Å². The zero-order valence-electron chi connectivity index (χ0n) is 79.6. The SMILES string of the molecule is CC(C)NC(C)(C)c1ccccc1.CC(C)NC(C)(C)c1ccccn1.CC(C)NC1(c2ccccc2)CC1.CC(C)NC1(c2ccccn2)CC1.CC(C)OC(C)(C)c1ccccn1.CC(C)OC1(c2ccccn2)CC1.CC(C)OCC(C)(C)c1ccccc1.CC(C)OCC1(c2ccccc2)CC1.CC(C)OCCC1(c2ccccc2)CC1. The summed E-state index contributed by atoms with van der Waals surface area (Å²) < 4.78 is 28.7. The highest BCUT2D eigenvalue weighted by Crippen LogP contribution is 2.52. The van der Waals surface area contributed by atoms with Crippen molar-refractivity contribution in [3.8, 4) is 0 Å². The predicted molar refractivity (Wildman–Crippen MR) is 509 cm³/mol. The van der Waals surface area contributed by atoms with E-state index in [-0.39, 0.29) is 45.4 Å². The van der Waals surface area contributed by atoms with E-state index in [9.17, 15) is 0 Å². The largest absolute Gasteiger partial charge is 0.379 e. The molecule has 0 unspecified atom stereocenters. The van der Waals surface area contributed by atoms with Gasteiger partial charge in [-0.25, -0.2) is 0 Å². The van der Waals surface area contributed by atoms with Crippen LogP contribution in [0.1, 0.15) is 301 Å². The molecule has 5 aliphatic rings. The summed E-state index contributed by atoms with van der Waals surface area (Å²) >= 11 is 0. The fraction of sp³-hybridized carbons (Fsp3) is 0.537. The number of aromatic nitrogens is 4.